The lowest BCUT2D eigenvalue weighted by atomic mass is 9.99. The number of quaternary nitrogens is 1. The summed E-state index contributed by atoms with van der Waals surface area (Å²) in [6.45, 7) is 36.6. The number of carboxylic acids is 3. The van der Waals surface area contributed by atoms with Gasteiger partial charge in [0.15, 0.2) is 6.04 Å². The molecule has 3 aromatic carbocycles. The van der Waals surface area contributed by atoms with Crippen LogP contribution >= 0.6 is 0 Å². The van der Waals surface area contributed by atoms with Gasteiger partial charge in [0.2, 0.25) is 29.5 Å². The first kappa shape index (κ1) is 117. The number of ether oxygens (including phenoxy) is 8. The molecule has 7 aliphatic heterocycles. The van der Waals surface area contributed by atoms with Gasteiger partial charge in [0.25, 0.3) is 0 Å². The van der Waals surface area contributed by atoms with Crippen LogP contribution in [0.15, 0.2) is 91.0 Å². The van der Waals surface area contributed by atoms with E-state index in [1.54, 1.807) is 130 Å². The molecule has 7 saturated heterocycles. The van der Waals surface area contributed by atoms with Crippen molar-refractivity contribution in [3.05, 3.63) is 108 Å². The van der Waals surface area contributed by atoms with Crippen molar-refractivity contribution >= 4 is 95.8 Å². The van der Waals surface area contributed by atoms with Gasteiger partial charge in [-0.2, -0.15) is 0 Å². The first-order chi connectivity index (χ1) is 63.1. The third kappa shape index (κ3) is 40.8. The number of carboxylic acid groups (broad SMARTS) is 3. The van der Waals surface area contributed by atoms with E-state index in [1.165, 1.54) is 36.3 Å². The van der Waals surface area contributed by atoms with Gasteiger partial charge in [0, 0.05) is 45.8 Å². The van der Waals surface area contributed by atoms with Crippen molar-refractivity contribution in [3.63, 3.8) is 0 Å². The molecule has 0 bridgehead atoms. The minimum atomic E-state index is -1.13. The van der Waals surface area contributed by atoms with Crippen LogP contribution in [0.4, 0.5) is 24.0 Å². The quantitative estimate of drug-likeness (QED) is 0.0415. The van der Waals surface area contributed by atoms with E-state index < -0.39 is 155 Å². The monoisotopic (exact) mass is 1930 g/mol. The molecule has 11 atom stereocenters. The lowest BCUT2D eigenvalue weighted by Crippen LogP contribution is -3.00. The average Bonchev–Trinajstić information content (AvgIpc) is 1.61. The number of nitrogens with one attached hydrogen (secondary N) is 3. The van der Waals surface area contributed by atoms with Crippen molar-refractivity contribution < 1.29 is 148 Å². The maximum Gasteiger partial charge on any atom is 0.411 e. The highest BCUT2D eigenvalue weighted by molar-refractivity contribution is 5.95. The fourth-order valence-electron chi connectivity index (χ4n) is 15.2. The van der Waals surface area contributed by atoms with Crippen LogP contribution in [0.25, 0.3) is 0 Å². The second kappa shape index (κ2) is 55.0. The molecule has 760 valence electrons. The SMILES string of the molecule is CC(C)(C)OC(=O)N1CCCC[C@H]1C(=O)O.CC(C)(C)OC(=O)N1CCC[C@H]1C(=O)O.C[C@H](NC(=O)[C@@H]1CCCCN1C(=O)OC(C)(C)C)C(=O)OCc1ccccc1.C[C@H](NC(=O)[C@@H]1CCCCN1C(=O)[C@@H]1CCCN1C(=O)OC(C)(C)C)C(=O)O.C[C@H](NC(=O)[C@@H]1CCCCN1C(=O)[C@@H]1CCCN1C(=O)OC(C)(C)C)C(=O)OCc1ccccc1.C[C@H]([NH3+])C(=O)OCc1ccccc1.[Cl-]. The Bertz CT molecular complexity index is 4420. The number of amides is 10. The smallest absolute Gasteiger partial charge is 0.411 e. The van der Waals surface area contributed by atoms with Crippen molar-refractivity contribution in [2.45, 2.75) is 361 Å². The lowest BCUT2D eigenvalue weighted by Gasteiger charge is -2.38. The molecule has 0 spiro atoms. The molecule has 136 heavy (non-hydrogen) atoms. The van der Waals surface area contributed by atoms with E-state index in [9.17, 15) is 76.7 Å². The van der Waals surface area contributed by atoms with Crippen molar-refractivity contribution in [3.8, 4) is 0 Å². The Morgan fingerprint density at radius 1 is 0.309 bits per heavy atom. The third-order valence-electron chi connectivity index (χ3n) is 21.8. The molecule has 7 heterocycles. The zero-order valence-corrected chi connectivity index (χ0v) is 83.4. The maximum atomic E-state index is 13.5. The number of piperidine rings is 4. The van der Waals surface area contributed by atoms with E-state index in [0.29, 0.717) is 110 Å². The second-order valence-corrected chi connectivity index (χ2v) is 39.3. The maximum absolute atomic E-state index is 13.5. The van der Waals surface area contributed by atoms with Gasteiger partial charge in [-0.15, -0.1) is 0 Å². The number of nitrogens with zero attached hydrogens (tertiary/aromatic N) is 7. The molecule has 7 aliphatic rings. The second-order valence-electron chi connectivity index (χ2n) is 39.3. The predicted molar refractivity (Wildman–Crippen MR) is 495 cm³/mol. The number of benzene rings is 3. The zero-order chi connectivity index (χ0) is 101. The highest BCUT2D eigenvalue weighted by atomic mass is 35.5. The van der Waals surface area contributed by atoms with Gasteiger partial charge in [0.05, 0.1) is 0 Å². The molecule has 39 heteroatoms. The van der Waals surface area contributed by atoms with Gasteiger partial charge < -0.3 is 97.1 Å². The number of aliphatic carboxylic acids is 3. The molecule has 0 saturated carbocycles. The van der Waals surface area contributed by atoms with Gasteiger partial charge in [-0.25, -0.2) is 47.9 Å². The summed E-state index contributed by atoms with van der Waals surface area (Å²) in [6, 6.07) is 20.4. The first-order valence-electron chi connectivity index (χ1n) is 46.7. The standard InChI is InChI=1S/C26H37N3O6.C21H30N2O5.C19H31N3O6.C11H19NO4.C10H17NO4.C10H13NO2.ClH/c1-18(24(32)34-17-19-11-6-5-7-12-19)27-22(30)20-13-8-9-15-28(20)23(31)21-14-10-16-29(21)25(33)35-26(2,3)4;1-15(19(25)27-14-16-10-6-5-7-11-16)22-18(24)17-12-8-9-13-23(17)20(26)28-21(2,3)4;1-12(17(25)26)20-15(23)13-8-5-6-10-21(13)16(24)14-9-7-11-22(14)18(27)28-19(2,3)4;1-11(2,3)16-10(15)12-7-5-4-6-8(12)9(13)14;1-10(2,3)15-9(14)11-6-4-5-7(11)8(12)13;1-8(11)10(12)13-7-9-5-3-2-4-6-9;/h5-7,11-12,18,20-21H,8-10,13-17H2,1-4H3,(H,27,30);5-7,10-11,15,17H,8-9,12-14H2,1-4H3,(H,22,24);12-14H,5-11H2,1-4H3,(H,20,23)(H,25,26);8H,4-7H2,1-3H3,(H,13,14);7H,4-6H2,1-3H3,(H,12,13);2-6,8H,7,11H2,1H3;1H/t18-,20-,21-;15-,17-;12-,13-,14-;8-;7-;8-;/m000000./s1. The van der Waals surface area contributed by atoms with Crippen LogP contribution < -0.4 is 34.1 Å². The number of rotatable bonds is 20. The Morgan fingerprint density at radius 2 is 0.522 bits per heavy atom. The summed E-state index contributed by atoms with van der Waals surface area (Å²) in [5, 5.41) is 34.7. The molecule has 0 aliphatic carbocycles. The van der Waals surface area contributed by atoms with E-state index in [0.717, 1.165) is 74.5 Å². The summed E-state index contributed by atoms with van der Waals surface area (Å²) < 4.78 is 42.2. The highest BCUT2D eigenvalue weighted by Crippen LogP contribution is 2.31. The largest absolute Gasteiger partial charge is 1.00 e. The van der Waals surface area contributed by atoms with Crippen LogP contribution in [0.1, 0.15) is 264 Å². The van der Waals surface area contributed by atoms with Gasteiger partial charge in [0.1, 0.15) is 108 Å². The summed E-state index contributed by atoms with van der Waals surface area (Å²) in [7, 11) is 0. The predicted octanol–water partition coefficient (Wildman–Crippen LogP) is 8.09. The van der Waals surface area contributed by atoms with Crippen molar-refractivity contribution in [1.82, 2.24) is 50.2 Å². The van der Waals surface area contributed by atoms with Crippen LogP contribution in [0.3, 0.4) is 0 Å². The Hall–Kier alpha value is -11.6. The Labute approximate surface area is 805 Å². The summed E-state index contributed by atoms with van der Waals surface area (Å²) in [6.07, 6.45) is 9.55. The van der Waals surface area contributed by atoms with Crippen LogP contribution in [-0.2, 0) is 110 Å². The summed E-state index contributed by atoms with van der Waals surface area (Å²) in [5.74, 6) is -6.09. The number of carbonyl (C=O) groups excluding carboxylic acids is 13. The summed E-state index contributed by atoms with van der Waals surface area (Å²) in [5.41, 5.74) is 3.18. The Kier molecular flexibility index (Phi) is 47.2. The fraction of sp³-hybridized carbons (Fsp3) is 0.649. The van der Waals surface area contributed by atoms with E-state index in [1.807, 2.05) is 91.0 Å². The molecule has 7 fully saturated rings. The molecular formula is C97H148ClN11O27. The number of hydrogen-bond acceptors (Lipinski definition) is 24. The van der Waals surface area contributed by atoms with Gasteiger partial charge >= 0.3 is 66.3 Å². The minimum Gasteiger partial charge on any atom is -1.00 e. The Balaban J connectivity index is 0.000000352. The van der Waals surface area contributed by atoms with Crippen LogP contribution in [0.2, 0.25) is 0 Å². The molecule has 10 amide bonds. The number of carbonyl (C=O) groups is 16. The fourth-order valence-corrected chi connectivity index (χ4v) is 15.2. The molecular weight excluding hydrogens is 1790 g/mol. The molecule has 10 rings (SSSR count). The number of halogens is 1. The summed E-state index contributed by atoms with van der Waals surface area (Å²) >= 11 is 0. The highest BCUT2D eigenvalue weighted by Gasteiger charge is 2.47. The molecule has 9 N–H and O–H groups in total. The Morgan fingerprint density at radius 3 is 0.779 bits per heavy atom. The number of hydrogen-bond donors (Lipinski definition) is 7. The third-order valence-corrected chi connectivity index (χ3v) is 21.8. The molecule has 3 aromatic rings. The summed E-state index contributed by atoms with van der Waals surface area (Å²) in [4.78, 5) is 205. The first-order valence-corrected chi connectivity index (χ1v) is 46.7. The zero-order valence-electron chi connectivity index (χ0n) is 82.7. The van der Waals surface area contributed by atoms with Crippen molar-refractivity contribution in [1.29, 1.82) is 0 Å². The van der Waals surface area contributed by atoms with Crippen LogP contribution in [-0.4, -0.2) is 286 Å². The molecule has 0 aromatic heterocycles. The van der Waals surface area contributed by atoms with E-state index in [2.05, 4.69) is 21.7 Å². The average molecular weight is 1940 g/mol. The van der Waals surface area contributed by atoms with Crippen LogP contribution in [0, 0.1) is 0 Å². The molecule has 0 unspecified atom stereocenters. The van der Waals surface area contributed by atoms with Crippen LogP contribution in [0.5, 0.6) is 0 Å². The normalized spacial score (nSPS) is 20.2. The van der Waals surface area contributed by atoms with E-state index in [-0.39, 0.29) is 61.3 Å². The van der Waals surface area contributed by atoms with Crippen molar-refractivity contribution in [2.24, 2.45) is 0 Å². The van der Waals surface area contributed by atoms with E-state index in [4.69, 9.17) is 53.2 Å². The topological polar surface area (TPSA) is 494 Å². The van der Waals surface area contributed by atoms with Gasteiger partial charge in [-0.1, -0.05) is 91.0 Å². The molecule has 38 nitrogen and oxygen atoms in total. The lowest BCUT2D eigenvalue weighted by molar-refractivity contribution is -0.403. The number of likely N-dealkylation sites (tertiary alicyclic amines) is 7. The van der Waals surface area contributed by atoms with E-state index >= 15 is 0 Å². The molecule has 0 radical (unpaired) electrons. The van der Waals surface area contributed by atoms with Gasteiger partial charge in [-0.3, -0.25) is 53.3 Å². The van der Waals surface area contributed by atoms with Gasteiger partial charge in [-0.05, 0) is 264 Å². The minimum absolute atomic E-state index is 0. The number of esters is 3. The van der Waals surface area contributed by atoms with Crippen molar-refractivity contribution in [2.75, 3.05) is 45.8 Å².